The molecule has 26 heavy (non-hydrogen) atoms. The minimum absolute atomic E-state index is 0.126. The van der Waals surface area contributed by atoms with E-state index in [2.05, 4.69) is 31.5 Å². The molecule has 0 radical (unpaired) electrons. The first kappa shape index (κ1) is 18.8. The van der Waals surface area contributed by atoms with Crippen LogP contribution in [-0.2, 0) is 9.53 Å². The van der Waals surface area contributed by atoms with Gasteiger partial charge in [-0.1, -0.05) is 11.6 Å². The van der Waals surface area contributed by atoms with E-state index >= 15 is 0 Å². The van der Waals surface area contributed by atoms with Crippen LogP contribution in [0.4, 0.5) is 11.4 Å². The summed E-state index contributed by atoms with van der Waals surface area (Å²) in [6.45, 7) is 2.53. The molecule has 3 rings (SSSR count). The van der Waals surface area contributed by atoms with Gasteiger partial charge < -0.3 is 24.7 Å². The van der Waals surface area contributed by atoms with Crippen molar-refractivity contribution in [1.82, 2.24) is 5.32 Å². The van der Waals surface area contributed by atoms with Crippen LogP contribution in [0, 0.1) is 0 Å². The maximum Gasteiger partial charge on any atom is 0.287 e. The molecule has 0 atom stereocenters. The van der Waals surface area contributed by atoms with Crippen LogP contribution in [0.3, 0.4) is 0 Å². The van der Waals surface area contributed by atoms with Crippen molar-refractivity contribution >= 4 is 50.7 Å². The molecule has 0 unspecified atom stereocenters. The standard InChI is InChI=1S/C17H17BrClN3O4/c18-15-4-3-14(26-15)17(24)20-10-16(23)21-12-9-11(19)1-2-13(12)22-5-7-25-8-6-22/h1-4,9H,5-8,10H2,(H,20,24)(H,21,23). The molecule has 2 aromatic rings. The lowest BCUT2D eigenvalue weighted by Crippen LogP contribution is -2.37. The van der Waals surface area contributed by atoms with Crippen LogP contribution in [0.1, 0.15) is 10.6 Å². The summed E-state index contributed by atoms with van der Waals surface area (Å²) in [5.41, 5.74) is 1.46. The van der Waals surface area contributed by atoms with Crippen LogP contribution < -0.4 is 15.5 Å². The SMILES string of the molecule is O=C(CNC(=O)c1ccc(Br)o1)Nc1cc(Cl)ccc1N1CCOCC1. The van der Waals surface area contributed by atoms with Crippen LogP contribution in [0.25, 0.3) is 0 Å². The van der Waals surface area contributed by atoms with Gasteiger partial charge in [0.05, 0.1) is 31.1 Å². The lowest BCUT2D eigenvalue weighted by atomic mass is 10.2. The van der Waals surface area contributed by atoms with Crippen LogP contribution in [0.15, 0.2) is 39.4 Å². The smallest absolute Gasteiger partial charge is 0.287 e. The van der Waals surface area contributed by atoms with Gasteiger partial charge in [0.25, 0.3) is 5.91 Å². The minimum Gasteiger partial charge on any atom is -0.444 e. The molecule has 0 aliphatic carbocycles. The fourth-order valence-electron chi connectivity index (χ4n) is 2.57. The van der Waals surface area contributed by atoms with E-state index in [9.17, 15) is 9.59 Å². The molecule has 1 fully saturated rings. The summed E-state index contributed by atoms with van der Waals surface area (Å²) in [5, 5.41) is 5.83. The molecule has 0 bridgehead atoms. The van der Waals surface area contributed by atoms with E-state index in [1.807, 2.05) is 6.07 Å². The van der Waals surface area contributed by atoms with E-state index in [0.717, 1.165) is 18.8 Å². The molecule has 2 N–H and O–H groups in total. The van der Waals surface area contributed by atoms with Crippen LogP contribution in [0.5, 0.6) is 0 Å². The molecule has 9 heteroatoms. The quantitative estimate of drug-likeness (QED) is 0.744. The van der Waals surface area contributed by atoms with Gasteiger partial charge in [-0.25, -0.2) is 0 Å². The number of ether oxygens (including phenoxy) is 1. The summed E-state index contributed by atoms with van der Waals surface area (Å²) >= 11 is 9.19. The zero-order valence-corrected chi connectivity index (χ0v) is 16.1. The van der Waals surface area contributed by atoms with Crippen molar-refractivity contribution in [3.05, 3.63) is 45.8 Å². The summed E-state index contributed by atoms with van der Waals surface area (Å²) in [6.07, 6.45) is 0. The number of nitrogens with zero attached hydrogens (tertiary/aromatic N) is 1. The summed E-state index contributed by atoms with van der Waals surface area (Å²) in [5.74, 6) is -0.701. The van der Waals surface area contributed by atoms with Crippen LogP contribution in [0.2, 0.25) is 5.02 Å². The maximum atomic E-state index is 12.2. The van der Waals surface area contributed by atoms with E-state index in [0.29, 0.717) is 28.6 Å². The highest BCUT2D eigenvalue weighted by Crippen LogP contribution is 2.29. The van der Waals surface area contributed by atoms with Crippen molar-refractivity contribution in [3.63, 3.8) is 0 Å². The molecular formula is C17H17BrClN3O4. The van der Waals surface area contributed by atoms with Crippen molar-refractivity contribution < 1.29 is 18.7 Å². The molecule has 1 aliphatic heterocycles. The molecule has 7 nitrogen and oxygen atoms in total. The van der Waals surface area contributed by atoms with Crippen molar-refractivity contribution in [1.29, 1.82) is 0 Å². The number of hydrogen-bond donors (Lipinski definition) is 2. The van der Waals surface area contributed by atoms with Gasteiger partial charge >= 0.3 is 0 Å². The monoisotopic (exact) mass is 441 g/mol. The summed E-state index contributed by atoms with van der Waals surface area (Å²) in [7, 11) is 0. The number of halogens is 2. The Morgan fingerprint density at radius 3 is 2.65 bits per heavy atom. The Balaban J connectivity index is 1.63. The number of benzene rings is 1. The normalized spacial score (nSPS) is 14.2. The highest BCUT2D eigenvalue weighted by Gasteiger charge is 2.17. The van der Waals surface area contributed by atoms with Crippen LogP contribution in [-0.4, -0.2) is 44.7 Å². The predicted octanol–water partition coefficient (Wildman–Crippen LogP) is 2.90. The summed E-state index contributed by atoms with van der Waals surface area (Å²) in [6, 6.07) is 8.46. The van der Waals surface area contributed by atoms with Crippen LogP contribution >= 0.6 is 27.5 Å². The van der Waals surface area contributed by atoms with E-state index in [1.54, 1.807) is 18.2 Å². The van der Waals surface area contributed by atoms with E-state index in [1.165, 1.54) is 6.07 Å². The van der Waals surface area contributed by atoms with Crippen molar-refractivity contribution in [3.8, 4) is 0 Å². The van der Waals surface area contributed by atoms with Gasteiger partial charge in [-0.05, 0) is 46.3 Å². The summed E-state index contributed by atoms with van der Waals surface area (Å²) < 4.78 is 11.0. The number of nitrogens with one attached hydrogen (secondary N) is 2. The number of carbonyl (C=O) groups is 2. The zero-order valence-electron chi connectivity index (χ0n) is 13.8. The number of amides is 2. The van der Waals surface area contributed by atoms with Crippen molar-refractivity contribution in [2.45, 2.75) is 0 Å². The second-order valence-electron chi connectivity index (χ2n) is 5.60. The first-order valence-electron chi connectivity index (χ1n) is 7.98. The minimum atomic E-state index is -0.467. The first-order valence-corrected chi connectivity index (χ1v) is 9.15. The molecule has 1 saturated heterocycles. The number of furan rings is 1. The summed E-state index contributed by atoms with van der Waals surface area (Å²) in [4.78, 5) is 26.3. The molecule has 138 valence electrons. The lowest BCUT2D eigenvalue weighted by Gasteiger charge is -2.30. The average molecular weight is 443 g/mol. The van der Waals surface area contributed by atoms with Gasteiger partial charge in [0.1, 0.15) is 0 Å². The second-order valence-corrected chi connectivity index (χ2v) is 6.81. The fourth-order valence-corrected chi connectivity index (χ4v) is 3.05. The Morgan fingerprint density at radius 1 is 1.19 bits per heavy atom. The van der Waals surface area contributed by atoms with Crippen molar-refractivity contribution in [2.75, 3.05) is 43.1 Å². The Morgan fingerprint density at radius 2 is 1.96 bits per heavy atom. The molecule has 0 spiro atoms. The number of carbonyl (C=O) groups excluding carboxylic acids is 2. The molecule has 1 aromatic carbocycles. The van der Waals surface area contributed by atoms with E-state index < -0.39 is 5.91 Å². The van der Waals surface area contributed by atoms with E-state index in [-0.39, 0.29) is 18.2 Å². The third kappa shape index (κ3) is 4.78. The van der Waals surface area contributed by atoms with E-state index in [4.69, 9.17) is 20.8 Å². The van der Waals surface area contributed by atoms with Gasteiger partial charge in [-0.2, -0.15) is 0 Å². The number of rotatable bonds is 5. The first-order chi connectivity index (χ1) is 12.5. The highest BCUT2D eigenvalue weighted by molar-refractivity contribution is 9.10. The Labute approximate surface area is 163 Å². The third-order valence-corrected chi connectivity index (χ3v) is 4.45. The Kier molecular flexibility index (Phi) is 6.18. The number of morpholine rings is 1. The molecular weight excluding hydrogens is 426 g/mol. The zero-order chi connectivity index (χ0) is 18.5. The highest BCUT2D eigenvalue weighted by atomic mass is 79.9. The van der Waals surface area contributed by atoms with Gasteiger partial charge in [-0.3, -0.25) is 9.59 Å². The fraction of sp³-hybridized carbons (Fsp3) is 0.294. The second kappa shape index (κ2) is 8.57. The van der Waals surface area contributed by atoms with Crippen molar-refractivity contribution in [2.24, 2.45) is 0 Å². The largest absolute Gasteiger partial charge is 0.444 e. The topological polar surface area (TPSA) is 83.8 Å². The molecule has 1 aromatic heterocycles. The number of anilines is 2. The van der Waals surface area contributed by atoms with Gasteiger partial charge in [0.15, 0.2) is 10.4 Å². The molecule has 0 saturated carbocycles. The lowest BCUT2D eigenvalue weighted by molar-refractivity contribution is -0.115. The number of hydrogen-bond acceptors (Lipinski definition) is 5. The Hall–Kier alpha value is -2.03. The predicted molar refractivity (Wildman–Crippen MR) is 102 cm³/mol. The average Bonchev–Trinajstić information content (AvgIpc) is 3.07. The van der Waals surface area contributed by atoms with Gasteiger partial charge in [-0.15, -0.1) is 0 Å². The third-order valence-electron chi connectivity index (χ3n) is 3.79. The Bertz CT molecular complexity index is 805. The molecule has 1 aliphatic rings. The molecule has 2 amide bonds. The maximum absolute atomic E-state index is 12.2. The molecule has 2 heterocycles. The van der Waals surface area contributed by atoms with Gasteiger partial charge in [0.2, 0.25) is 5.91 Å². The van der Waals surface area contributed by atoms with Gasteiger partial charge in [0, 0.05) is 18.1 Å².